The molecule has 0 N–H and O–H groups in total. The van der Waals surface area contributed by atoms with E-state index in [0.717, 1.165) is 11.4 Å². The third-order valence-electron chi connectivity index (χ3n) is 5.11. The number of methoxy groups -OCH3 is 1. The molecule has 2 heterocycles. The summed E-state index contributed by atoms with van der Waals surface area (Å²) >= 11 is 2.54. The van der Waals surface area contributed by atoms with Crippen molar-refractivity contribution in [2.45, 2.75) is 25.1 Å². The lowest BCUT2D eigenvalue weighted by molar-refractivity contribution is -0.137. The number of esters is 2. The van der Waals surface area contributed by atoms with Crippen molar-refractivity contribution >= 4 is 51.9 Å². The summed E-state index contributed by atoms with van der Waals surface area (Å²) in [4.78, 5) is 28.1. The van der Waals surface area contributed by atoms with Crippen molar-refractivity contribution in [1.82, 2.24) is 0 Å². The molecular formula is C24H25N3O5S2. The van der Waals surface area contributed by atoms with E-state index in [-0.39, 0.29) is 18.3 Å². The monoisotopic (exact) mass is 499 g/mol. The van der Waals surface area contributed by atoms with Crippen LogP contribution in [0.5, 0.6) is 5.75 Å². The number of hydrogen-bond donors (Lipinski definition) is 0. The highest BCUT2D eigenvalue weighted by Crippen LogP contribution is 2.60. The van der Waals surface area contributed by atoms with Crippen LogP contribution in [0.4, 0.5) is 11.4 Å². The predicted molar refractivity (Wildman–Crippen MR) is 136 cm³/mol. The number of anilines is 2. The number of hydrazone groups is 1. The van der Waals surface area contributed by atoms with Crippen LogP contribution in [0.1, 0.15) is 20.8 Å². The van der Waals surface area contributed by atoms with Gasteiger partial charge in [0, 0.05) is 11.4 Å². The Labute approximate surface area is 206 Å². The number of para-hydroxylation sites is 1. The van der Waals surface area contributed by atoms with Gasteiger partial charge in [-0.1, -0.05) is 30.0 Å². The summed E-state index contributed by atoms with van der Waals surface area (Å²) in [5.41, 5.74) is 2.28. The van der Waals surface area contributed by atoms with Gasteiger partial charge >= 0.3 is 11.9 Å². The number of carbonyl (C=O) groups excluding carboxylic acids is 2. The number of thioether (sulfide) groups is 2. The SMILES string of the molecule is CCOC(=O)C1=NN(c2ccc(OC)cc2)[C@@]2(S1)SC(C(=O)OCC)=C(C)N2c1ccccc1. The molecule has 8 nitrogen and oxygen atoms in total. The van der Waals surface area contributed by atoms with E-state index in [1.54, 1.807) is 26.0 Å². The molecule has 0 aliphatic carbocycles. The van der Waals surface area contributed by atoms with E-state index in [0.29, 0.717) is 16.4 Å². The Hall–Kier alpha value is -3.11. The van der Waals surface area contributed by atoms with Gasteiger partial charge in [-0.05, 0) is 68.9 Å². The first-order valence-corrected chi connectivity index (χ1v) is 12.4. The molecule has 1 atom stereocenters. The Morgan fingerprint density at radius 2 is 1.56 bits per heavy atom. The minimum Gasteiger partial charge on any atom is -0.497 e. The molecule has 0 radical (unpaired) electrons. The van der Waals surface area contributed by atoms with Gasteiger partial charge in [-0.3, -0.25) is 0 Å². The zero-order chi connectivity index (χ0) is 24.3. The fourth-order valence-corrected chi connectivity index (χ4v) is 6.60. The molecule has 4 rings (SSSR count). The maximum Gasteiger partial charge on any atom is 0.365 e. The van der Waals surface area contributed by atoms with Crippen LogP contribution < -0.4 is 14.6 Å². The van der Waals surface area contributed by atoms with Gasteiger partial charge < -0.3 is 19.1 Å². The number of benzene rings is 2. The molecular weight excluding hydrogens is 474 g/mol. The van der Waals surface area contributed by atoms with Gasteiger partial charge in [0.25, 0.3) is 0 Å². The Kier molecular flexibility index (Phi) is 7.08. The molecule has 2 aromatic rings. The topological polar surface area (TPSA) is 80.7 Å². The fourth-order valence-electron chi connectivity index (χ4n) is 3.65. The second-order valence-electron chi connectivity index (χ2n) is 7.19. The molecule has 2 aliphatic heterocycles. The van der Waals surface area contributed by atoms with Crippen molar-refractivity contribution < 1.29 is 23.8 Å². The Morgan fingerprint density at radius 3 is 2.18 bits per heavy atom. The van der Waals surface area contributed by atoms with Crippen LogP contribution in [0.15, 0.2) is 70.3 Å². The molecule has 2 aliphatic rings. The summed E-state index contributed by atoms with van der Waals surface area (Å²) in [6, 6.07) is 17.1. The third kappa shape index (κ3) is 4.23. The Bertz CT molecular complexity index is 1140. The first-order chi connectivity index (χ1) is 16.4. The van der Waals surface area contributed by atoms with Crippen LogP contribution in [0.3, 0.4) is 0 Å². The lowest BCUT2D eigenvalue weighted by atomic mass is 10.2. The summed E-state index contributed by atoms with van der Waals surface area (Å²) in [5.74, 6) is -0.235. The Balaban J connectivity index is 1.87. The summed E-state index contributed by atoms with van der Waals surface area (Å²) in [5, 5.41) is 6.62. The van der Waals surface area contributed by atoms with E-state index in [2.05, 4.69) is 5.10 Å². The Morgan fingerprint density at radius 1 is 0.912 bits per heavy atom. The smallest absolute Gasteiger partial charge is 0.365 e. The zero-order valence-corrected chi connectivity index (χ0v) is 20.9. The van der Waals surface area contributed by atoms with Crippen LogP contribution in [-0.2, 0) is 19.1 Å². The molecule has 34 heavy (non-hydrogen) atoms. The van der Waals surface area contributed by atoms with E-state index < -0.39 is 16.3 Å². The predicted octanol–water partition coefficient (Wildman–Crippen LogP) is 4.78. The summed E-state index contributed by atoms with van der Waals surface area (Å²) in [6.45, 7) is 5.88. The maximum absolute atomic E-state index is 12.9. The average molecular weight is 500 g/mol. The first-order valence-electron chi connectivity index (χ1n) is 10.8. The van der Waals surface area contributed by atoms with E-state index in [4.69, 9.17) is 14.2 Å². The molecule has 0 bridgehead atoms. The molecule has 178 valence electrons. The number of rotatable bonds is 7. The molecule has 0 saturated heterocycles. The molecule has 0 aromatic heterocycles. The average Bonchev–Trinajstić information content (AvgIpc) is 3.37. The van der Waals surface area contributed by atoms with E-state index >= 15 is 0 Å². The molecule has 0 saturated carbocycles. The molecule has 0 unspecified atom stereocenters. The van der Waals surface area contributed by atoms with Gasteiger partial charge in [0.15, 0.2) is 0 Å². The summed E-state index contributed by atoms with van der Waals surface area (Å²) < 4.78 is 14.9. The lowest BCUT2D eigenvalue weighted by Crippen LogP contribution is -2.49. The standard InChI is InChI=1S/C24H25N3O5S2/c1-5-31-22(28)20-16(3)26(17-10-8-7-9-11-17)24(33-20)27(18-12-14-19(30-4)15-13-18)25-21(34-24)23(29)32-6-2/h7-15H,5-6H2,1-4H3/t24-/m1/s1. The van der Waals surface area contributed by atoms with E-state index in [1.165, 1.54) is 23.5 Å². The van der Waals surface area contributed by atoms with Gasteiger partial charge in [-0.15, -0.1) is 0 Å². The summed E-state index contributed by atoms with van der Waals surface area (Å²) in [6.07, 6.45) is 0. The van der Waals surface area contributed by atoms with Gasteiger partial charge in [0.1, 0.15) is 10.7 Å². The number of carbonyl (C=O) groups is 2. The lowest BCUT2D eigenvalue weighted by Gasteiger charge is -2.41. The largest absolute Gasteiger partial charge is 0.497 e. The molecule has 2 aromatic carbocycles. The number of hydrogen-bond acceptors (Lipinski definition) is 10. The normalized spacial score (nSPS) is 19.5. The third-order valence-corrected chi connectivity index (χ3v) is 7.96. The van der Waals surface area contributed by atoms with Gasteiger partial charge in [-0.2, -0.15) is 5.10 Å². The van der Waals surface area contributed by atoms with Crippen molar-refractivity contribution in [2.24, 2.45) is 5.10 Å². The van der Waals surface area contributed by atoms with Crippen LogP contribution in [0.25, 0.3) is 0 Å². The van der Waals surface area contributed by atoms with Crippen LogP contribution in [0, 0.1) is 0 Å². The van der Waals surface area contributed by atoms with Crippen LogP contribution in [-0.4, -0.2) is 41.6 Å². The zero-order valence-electron chi connectivity index (χ0n) is 19.3. The van der Waals surface area contributed by atoms with Crippen molar-refractivity contribution in [1.29, 1.82) is 0 Å². The molecule has 0 fully saturated rings. The fraction of sp³-hybridized carbons (Fsp3) is 0.292. The first kappa shape index (κ1) is 24.0. The summed E-state index contributed by atoms with van der Waals surface area (Å²) in [7, 11) is 1.60. The molecule has 10 heteroatoms. The van der Waals surface area contributed by atoms with Gasteiger partial charge in [0.05, 0.1) is 26.0 Å². The van der Waals surface area contributed by atoms with Crippen molar-refractivity contribution in [3.05, 3.63) is 65.2 Å². The van der Waals surface area contributed by atoms with Gasteiger partial charge in [-0.25, -0.2) is 14.6 Å². The number of nitrogens with zero attached hydrogens (tertiary/aromatic N) is 3. The highest BCUT2D eigenvalue weighted by Gasteiger charge is 2.58. The second-order valence-corrected chi connectivity index (χ2v) is 9.79. The highest BCUT2D eigenvalue weighted by atomic mass is 32.2. The van der Waals surface area contributed by atoms with Crippen LogP contribution in [0.2, 0.25) is 0 Å². The molecule has 0 amide bonds. The van der Waals surface area contributed by atoms with Crippen LogP contribution >= 0.6 is 23.5 Å². The number of ether oxygens (including phenoxy) is 3. The van der Waals surface area contributed by atoms with Crippen molar-refractivity contribution in [3.63, 3.8) is 0 Å². The van der Waals surface area contributed by atoms with Crippen molar-refractivity contribution in [2.75, 3.05) is 30.2 Å². The maximum atomic E-state index is 12.9. The van der Waals surface area contributed by atoms with Gasteiger partial charge in [0.2, 0.25) is 9.37 Å². The van der Waals surface area contributed by atoms with E-state index in [1.807, 2.05) is 66.4 Å². The quantitative estimate of drug-likeness (QED) is 0.500. The molecule has 1 spiro atoms. The minimum absolute atomic E-state index is 0.198. The van der Waals surface area contributed by atoms with Crippen molar-refractivity contribution in [3.8, 4) is 5.75 Å². The second kappa shape index (κ2) is 10.0. The number of allylic oxidation sites excluding steroid dienone is 1. The van der Waals surface area contributed by atoms with E-state index in [9.17, 15) is 9.59 Å². The minimum atomic E-state index is -1.02. The highest BCUT2D eigenvalue weighted by molar-refractivity contribution is 8.29.